The third-order valence-corrected chi connectivity index (χ3v) is 5.08. The third kappa shape index (κ3) is 3.74. The van der Waals surface area contributed by atoms with E-state index in [1.54, 1.807) is 28.7 Å². The van der Waals surface area contributed by atoms with Crippen molar-refractivity contribution in [3.8, 4) is 5.69 Å². The van der Waals surface area contributed by atoms with Crippen LogP contribution in [0.1, 0.15) is 16.2 Å². The van der Waals surface area contributed by atoms with Crippen LogP contribution < -0.4 is 5.32 Å². The van der Waals surface area contributed by atoms with Crippen LogP contribution in [0.5, 0.6) is 0 Å². The van der Waals surface area contributed by atoms with Crippen molar-refractivity contribution >= 4 is 45.3 Å². The molecular weight excluding hydrogens is 515 g/mol. The van der Waals surface area contributed by atoms with Crippen LogP contribution in [0.4, 0.5) is 23.2 Å². The van der Waals surface area contributed by atoms with Gasteiger partial charge in [-0.05, 0) is 71.1 Å². The number of carbonyl (C=O) groups excluding carboxylic acids is 1. The molecule has 0 aliphatic heterocycles. The summed E-state index contributed by atoms with van der Waals surface area (Å²) >= 11 is 1.78. The van der Waals surface area contributed by atoms with Crippen LogP contribution >= 0.6 is 22.6 Å². The normalized spacial score (nSPS) is 11.6. The molecule has 152 valence electrons. The van der Waals surface area contributed by atoms with Crippen LogP contribution in [0.3, 0.4) is 0 Å². The average Bonchev–Trinajstić information content (AvgIpc) is 3.11. The molecule has 4 aromatic rings. The van der Waals surface area contributed by atoms with Crippen molar-refractivity contribution in [2.75, 3.05) is 5.32 Å². The Morgan fingerprint density at radius 1 is 1.03 bits per heavy atom. The summed E-state index contributed by atoms with van der Waals surface area (Å²) in [6.45, 7) is 0. The highest BCUT2D eigenvalue weighted by Crippen LogP contribution is 2.33. The fourth-order valence-electron chi connectivity index (χ4n) is 2.92. The fourth-order valence-corrected chi connectivity index (χ4v) is 3.42. The highest BCUT2D eigenvalue weighted by molar-refractivity contribution is 14.1. The molecule has 0 saturated heterocycles. The first-order chi connectivity index (χ1) is 14.3. The summed E-state index contributed by atoms with van der Waals surface area (Å²) in [4.78, 5) is 20.0. The number of alkyl halides is 3. The van der Waals surface area contributed by atoms with E-state index in [4.69, 9.17) is 0 Å². The molecule has 0 bridgehead atoms. The summed E-state index contributed by atoms with van der Waals surface area (Å²) in [5, 5.41) is 2.54. The second kappa shape index (κ2) is 7.67. The van der Waals surface area contributed by atoms with Crippen molar-refractivity contribution in [3.63, 3.8) is 0 Å². The molecule has 0 spiro atoms. The molecular formula is C20H11F4IN4O. The summed E-state index contributed by atoms with van der Waals surface area (Å²) in [7, 11) is 0. The van der Waals surface area contributed by atoms with Gasteiger partial charge < -0.3 is 5.32 Å². The van der Waals surface area contributed by atoms with Gasteiger partial charge >= 0.3 is 6.18 Å². The Hall–Kier alpha value is -3.02. The minimum atomic E-state index is -4.68. The Labute approximate surface area is 180 Å². The molecule has 0 aliphatic rings. The molecule has 10 heteroatoms. The van der Waals surface area contributed by atoms with Gasteiger partial charge in [0.25, 0.3) is 5.91 Å². The minimum Gasteiger partial charge on any atom is -0.322 e. The van der Waals surface area contributed by atoms with Crippen LogP contribution in [0.25, 0.3) is 16.9 Å². The molecule has 0 atom stereocenters. The Balaban J connectivity index is 1.68. The van der Waals surface area contributed by atoms with Crippen molar-refractivity contribution in [2.24, 2.45) is 0 Å². The SMILES string of the molecule is O=C(Nc1ccc(-n2c(C(F)(F)F)nc3cccnc32)cc1)c1cccc(I)c1F. The maximum atomic E-state index is 14.1. The van der Waals surface area contributed by atoms with E-state index in [1.807, 2.05) is 0 Å². The number of anilines is 1. The first-order valence-corrected chi connectivity index (χ1v) is 9.60. The van der Waals surface area contributed by atoms with Gasteiger partial charge in [-0.15, -0.1) is 0 Å². The smallest absolute Gasteiger partial charge is 0.322 e. The molecule has 0 saturated carbocycles. The van der Waals surface area contributed by atoms with Gasteiger partial charge in [-0.3, -0.25) is 9.36 Å². The Morgan fingerprint density at radius 2 is 1.77 bits per heavy atom. The summed E-state index contributed by atoms with van der Waals surface area (Å²) in [6.07, 6.45) is -3.30. The van der Waals surface area contributed by atoms with E-state index in [1.165, 1.54) is 54.7 Å². The maximum absolute atomic E-state index is 14.1. The lowest BCUT2D eigenvalue weighted by Crippen LogP contribution is -2.15. The number of hydrogen-bond donors (Lipinski definition) is 1. The highest BCUT2D eigenvalue weighted by Gasteiger charge is 2.38. The summed E-state index contributed by atoms with van der Waals surface area (Å²) in [6, 6.07) is 13.0. The van der Waals surface area contributed by atoms with Crippen molar-refractivity contribution in [1.82, 2.24) is 14.5 Å². The second-order valence-corrected chi connectivity index (χ2v) is 7.38. The number of hydrogen-bond acceptors (Lipinski definition) is 3. The lowest BCUT2D eigenvalue weighted by atomic mass is 10.2. The number of benzene rings is 2. The number of halogens is 5. The van der Waals surface area contributed by atoms with E-state index in [2.05, 4.69) is 15.3 Å². The standard InChI is InChI=1S/C20H11F4IN4O/c21-16-13(3-1-4-14(16)25)18(30)27-11-6-8-12(9-7-11)29-17-15(5-2-10-26-17)28-19(29)20(22,23)24/h1-10H,(H,27,30). The molecule has 0 radical (unpaired) electrons. The van der Waals surface area contributed by atoms with E-state index in [0.717, 1.165) is 4.57 Å². The molecule has 5 nitrogen and oxygen atoms in total. The molecule has 2 heterocycles. The number of pyridine rings is 1. The number of nitrogens with one attached hydrogen (secondary N) is 1. The predicted octanol–water partition coefficient (Wildman–Crippen LogP) is 5.44. The zero-order valence-electron chi connectivity index (χ0n) is 14.9. The number of aromatic nitrogens is 3. The molecule has 30 heavy (non-hydrogen) atoms. The van der Waals surface area contributed by atoms with Gasteiger partial charge in [0.1, 0.15) is 11.3 Å². The molecule has 0 aliphatic carbocycles. The van der Waals surface area contributed by atoms with Gasteiger partial charge in [0.15, 0.2) is 5.65 Å². The molecule has 0 fully saturated rings. The summed E-state index contributed by atoms with van der Waals surface area (Å²) in [5.41, 5.74) is 0.504. The molecule has 1 amide bonds. The number of amides is 1. The fraction of sp³-hybridized carbons (Fsp3) is 0.0500. The number of rotatable bonds is 3. The number of carbonyl (C=O) groups is 1. The molecule has 2 aromatic heterocycles. The van der Waals surface area contributed by atoms with Gasteiger partial charge in [-0.2, -0.15) is 13.2 Å². The Kier molecular flexibility index (Phi) is 5.18. The lowest BCUT2D eigenvalue weighted by molar-refractivity contribution is -0.145. The number of imidazole rings is 1. The predicted molar refractivity (Wildman–Crippen MR) is 111 cm³/mol. The minimum absolute atomic E-state index is 0.0579. The number of fused-ring (bicyclic) bond motifs is 1. The van der Waals surface area contributed by atoms with Gasteiger partial charge in [0, 0.05) is 21.1 Å². The van der Waals surface area contributed by atoms with Crippen molar-refractivity contribution < 1.29 is 22.4 Å². The van der Waals surface area contributed by atoms with Crippen LogP contribution in [0, 0.1) is 9.39 Å². The quantitative estimate of drug-likeness (QED) is 0.286. The van der Waals surface area contributed by atoms with Gasteiger partial charge in [0.2, 0.25) is 5.82 Å². The largest absolute Gasteiger partial charge is 0.450 e. The second-order valence-electron chi connectivity index (χ2n) is 6.22. The monoisotopic (exact) mass is 526 g/mol. The van der Waals surface area contributed by atoms with Crippen molar-refractivity contribution in [2.45, 2.75) is 6.18 Å². The van der Waals surface area contributed by atoms with Gasteiger partial charge in [-0.25, -0.2) is 14.4 Å². The van der Waals surface area contributed by atoms with Crippen LogP contribution in [-0.4, -0.2) is 20.4 Å². The average molecular weight is 526 g/mol. The Morgan fingerprint density at radius 3 is 2.47 bits per heavy atom. The zero-order valence-corrected chi connectivity index (χ0v) is 17.1. The third-order valence-electron chi connectivity index (χ3n) is 4.25. The highest BCUT2D eigenvalue weighted by atomic mass is 127. The van der Waals surface area contributed by atoms with E-state index in [-0.39, 0.29) is 22.4 Å². The lowest BCUT2D eigenvalue weighted by Gasteiger charge is -2.12. The van der Waals surface area contributed by atoms with E-state index in [0.29, 0.717) is 9.26 Å². The Bertz CT molecular complexity index is 1250. The number of nitrogens with zero attached hydrogens (tertiary/aromatic N) is 3. The van der Waals surface area contributed by atoms with Crippen LogP contribution in [0.15, 0.2) is 60.8 Å². The van der Waals surface area contributed by atoms with Gasteiger partial charge in [-0.1, -0.05) is 6.07 Å². The summed E-state index contributed by atoms with van der Waals surface area (Å²) < 4.78 is 55.8. The molecule has 2 aromatic carbocycles. The van der Waals surface area contributed by atoms with E-state index >= 15 is 0 Å². The zero-order chi connectivity index (χ0) is 21.5. The van der Waals surface area contributed by atoms with Crippen LogP contribution in [-0.2, 0) is 6.18 Å². The maximum Gasteiger partial charge on any atom is 0.450 e. The van der Waals surface area contributed by atoms with Crippen LogP contribution in [0.2, 0.25) is 0 Å². The topological polar surface area (TPSA) is 59.8 Å². The van der Waals surface area contributed by atoms with Gasteiger partial charge in [0.05, 0.1) is 5.56 Å². The molecule has 1 N–H and O–H groups in total. The van der Waals surface area contributed by atoms with E-state index in [9.17, 15) is 22.4 Å². The van der Waals surface area contributed by atoms with Crippen molar-refractivity contribution in [3.05, 3.63) is 81.6 Å². The molecule has 0 unspecified atom stereocenters. The van der Waals surface area contributed by atoms with E-state index < -0.39 is 23.7 Å². The first-order valence-electron chi connectivity index (χ1n) is 8.52. The molecule has 4 rings (SSSR count). The summed E-state index contributed by atoms with van der Waals surface area (Å²) in [5.74, 6) is -2.41. The van der Waals surface area contributed by atoms with Crippen molar-refractivity contribution in [1.29, 1.82) is 0 Å². The first kappa shape index (κ1) is 20.3.